The summed E-state index contributed by atoms with van der Waals surface area (Å²) < 4.78 is 18.6. The zero-order valence-electron chi connectivity index (χ0n) is 10.6. The van der Waals surface area contributed by atoms with E-state index in [1.54, 1.807) is 0 Å². The summed E-state index contributed by atoms with van der Waals surface area (Å²) >= 11 is 0. The SMILES string of the molecule is COc1cccc(F)c1C(=O)NCC1CNCC1O. The molecule has 2 atom stereocenters. The fourth-order valence-corrected chi connectivity index (χ4v) is 2.13. The van der Waals surface area contributed by atoms with Crippen LogP contribution in [0.1, 0.15) is 10.4 Å². The molecule has 5 nitrogen and oxygen atoms in total. The molecular weight excluding hydrogens is 251 g/mol. The Morgan fingerprint density at radius 3 is 3.00 bits per heavy atom. The summed E-state index contributed by atoms with van der Waals surface area (Å²) in [5, 5.41) is 15.3. The van der Waals surface area contributed by atoms with E-state index in [0.717, 1.165) is 0 Å². The van der Waals surface area contributed by atoms with E-state index in [2.05, 4.69) is 10.6 Å². The number of ether oxygens (including phenoxy) is 1. The van der Waals surface area contributed by atoms with Gasteiger partial charge in [0.2, 0.25) is 0 Å². The number of halogens is 1. The number of aliphatic hydroxyl groups is 1. The molecule has 2 rings (SSSR count). The van der Waals surface area contributed by atoms with Gasteiger partial charge in [-0.25, -0.2) is 4.39 Å². The first kappa shape index (κ1) is 13.8. The van der Waals surface area contributed by atoms with Gasteiger partial charge in [-0.05, 0) is 12.1 Å². The first-order valence-electron chi connectivity index (χ1n) is 6.13. The maximum absolute atomic E-state index is 13.7. The van der Waals surface area contributed by atoms with Crippen LogP contribution >= 0.6 is 0 Å². The lowest BCUT2D eigenvalue weighted by Gasteiger charge is -2.15. The zero-order chi connectivity index (χ0) is 13.8. The highest BCUT2D eigenvalue weighted by Crippen LogP contribution is 2.21. The summed E-state index contributed by atoms with van der Waals surface area (Å²) in [5.41, 5.74) is -0.106. The Hall–Kier alpha value is -1.66. The van der Waals surface area contributed by atoms with Crippen LogP contribution in [-0.4, -0.2) is 43.9 Å². The zero-order valence-corrected chi connectivity index (χ0v) is 10.6. The van der Waals surface area contributed by atoms with Gasteiger partial charge < -0.3 is 20.5 Å². The molecule has 1 aliphatic heterocycles. The van der Waals surface area contributed by atoms with Crippen molar-refractivity contribution in [2.75, 3.05) is 26.7 Å². The van der Waals surface area contributed by atoms with Gasteiger partial charge in [0.1, 0.15) is 17.1 Å². The maximum atomic E-state index is 13.7. The van der Waals surface area contributed by atoms with Crippen molar-refractivity contribution in [2.24, 2.45) is 5.92 Å². The predicted octanol–water partition coefficient (Wildman–Crippen LogP) is 0.144. The largest absolute Gasteiger partial charge is 0.496 e. The summed E-state index contributed by atoms with van der Waals surface area (Å²) in [6, 6.07) is 4.23. The normalized spacial score (nSPS) is 22.3. The molecule has 19 heavy (non-hydrogen) atoms. The molecule has 104 valence electrons. The summed E-state index contributed by atoms with van der Waals surface area (Å²) in [6.07, 6.45) is -0.484. The number of hydrogen-bond donors (Lipinski definition) is 3. The van der Waals surface area contributed by atoms with E-state index in [0.29, 0.717) is 19.6 Å². The number of amides is 1. The lowest BCUT2D eigenvalue weighted by atomic mass is 10.1. The van der Waals surface area contributed by atoms with Crippen LogP contribution in [0.5, 0.6) is 5.75 Å². The number of β-amino-alcohol motifs (C(OH)–C–C–N with tert-alkyl or cyclic N) is 1. The molecule has 1 amide bonds. The molecule has 0 aliphatic carbocycles. The van der Waals surface area contributed by atoms with Gasteiger partial charge in [-0.3, -0.25) is 4.79 Å². The molecule has 1 fully saturated rings. The predicted molar refractivity (Wildman–Crippen MR) is 67.7 cm³/mol. The standard InChI is InChI=1S/C13H17FN2O3/c1-19-11-4-2-3-9(14)12(11)13(18)16-6-8-5-15-7-10(8)17/h2-4,8,10,15,17H,5-7H2,1H3,(H,16,18). The second kappa shape index (κ2) is 5.99. The molecule has 0 aromatic heterocycles. The molecule has 1 saturated heterocycles. The minimum absolute atomic E-state index is 0.0540. The fraction of sp³-hybridized carbons (Fsp3) is 0.462. The lowest BCUT2D eigenvalue weighted by molar-refractivity contribution is 0.0920. The molecule has 1 aromatic rings. The second-order valence-electron chi connectivity index (χ2n) is 4.51. The number of benzene rings is 1. The molecule has 0 saturated carbocycles. The molecule has 1 aliphatic rings. The van der Waals surface area contributed by atoms with Crippen LogP contribution in [0.3, 0.4) is 0 Å². The third kappa shape index (κ3) is 3.02. The van der Waals surface area contributed by atoms with E-state index in [1.165, 1.54) is 25.3 Å². The second-order valence-corrected chi connectivity index (χ2v) is 4.51. The summed E-state index contributed by atoms with van der Waals surface area (Å²) in [5.74, 6) is -1.01. The highest BCUT2D eigenvalue weighted by molar-refractivity contribution is 5.97. The van der Waals surface area contributed by atoms with Crippen LogP contribution in [0.2, 0.25) is 0 Å². The topological polar surface area (TPSA) is 70.6 Å². The Balaban J connectivity index is 2.03. The van der Waals surface area contributed by atoms with Crippen molar-refractivity contribution >= 4 is 5.91 Å². The molecule has 0 bridgehead atoms. The number of methoxy groups -OCH3 is 1. The van der Waals surface area contributed by atoms with Gasteiger partial charge in [0.25, 0.3) is 5.91 Å². The molecule has 6 heteroatoms. The third-order valence-electron chi connectivity index (χ3n) is 3.25. The summed E-state index contributed by atoms with van der Waals surface area (Å²) in [6.45, 7) is 1.45. The van der Waals surface area contributed by atoms with Gasteiger partial charge >= 0.3 is 0 Å². The van der Waals surface area contributed by atoms with Crippen molar-refractivity contribution in [3.05, 3.63) is 29.6 Å². The van der Waals surface area contributed by atoms with Crippen LogP contribution < -0.4 is 15.4 Å². The molecule has 3 N–H and O–H groups in total. The van der Waals surface area contributed by atoms with Gasteiger partial charge in [-0.15, -0.1) is 0 Å². The first-order valence-corrected chi connectivity index (χ1v) is 6.13. The van der Waals surface area contributed by atoms with E-state index in [1.807, 2.05) is 0 Å². The van der Waals surface area contributed by atoms with E-state index in [4.69, 9.17) is 4.74 Å². The molecular formula is C13H17FN2O3. The van der Waals surface area contributed by atoms with Crippen molar-refractivity contribution in [1.29, 1.82) is 0 Å². The van der Waals surface area contributed by atoms with Crippen molar-refractivity contribution in [2.45, 2.75) is 6.10 Å². The smallest absolute Gasteiger partial charge is 0.258 e. The van der Waals surface area contributed by atoms with Gasteiger partial charge in [-0.1, -0.05) is 6.07 Å². The average molecular weight is 268 g/mol. The van der Waals surface area contributed by atoms with Gasteiger partial charge in [0.15, 0.2) is 0 Å². The van der Waals surface area contributed by atoms with E-state index < -0.39 is 17.8 Å². The number of aliphatic hydroxyl groups excluding tert-OH is 1. The quantitative estimate of drug-likeness (QED) is 0.726. The van der Waals surface area contributed by atoms with Gasteiger partial charge in [0.05, 0.1) is 13.2 Å². The van der Waals surface area contributed by atoms with Crippen molar-refractivity contribution in [3.63, 3.8) is 0 Å². The Morgan fingerprint density at radius 1 is 1.58 bits per heavy atom. The molecule has 1 heterocycles. The van der Waals surface area contributed by atoms with E-state index in [9.17, 15) is 14.3 Å². The Morgan fingerprint density at radius 2 is 2.37 bits per heavy atom. The maximum Gasteiger partial charge on any atom is 0.258 e. The lowest BCUT2D eigenvalue weighted by Crippen LogP contribution is -2.34. The Bertz CT molecular complexity index is 467. The van der Waals surface area contributed by atoms with Crippen LogP contribution in [-0.2, 0) is 0 Å². The highest BCUT2D eigenvalue weighted by Gasteiger charge is 2.26. The summed E-state index contributed by atoms with van der Waals surface area (Å²) in [4.78, 5) is 12.0. The first-order chi connectivity index (χ1) is 9.13. The number of hydrogen-bond acceptors (Lipinski definition) is 4. The van der Waals surface area contributed by atoms with Crippen LogP contribution in [0.15, 0.2) is 18.2 Å². The Labute approximate surface area is 110 Å². The molecule has 0 radical (unpaired) electrons. The van der Waals surface area contributed by atoms with Crippen LogP contribution in [0.4, 0.5) is 4.39 Å². The number of carbonyl (C=O) groups excluding carboxylic acids is 1. The van der Waals surface area contributed by atoms with Crippen molar-refractivity contribution in [3.8, 4) is 5.75 Å². The van der Waals surface area contributed by atoms with Crippen LogP contribution in [0.25, 0.3) is 0 Å². The average Bonchev–Trinajstić information content (AvgIpc) is 2.81. The fourth-order valence-electron chi connectivity index (χ4n) is 2.13. The molecule has 1 aromatic carbocycles. The molecule has 2 unspecified atom stereocenters. The number of rotatable bonds is 4. The van der Waals surface area contributed by atoms with Crippen LogP contribution in [0, 0.1) is 11.7 Å². The summed E-state index contributed by atoms with van der Waals surface area (Å²) in [7, 11) is 1.39. The minimum Gasteiger partial charge on any atom is -0.496 e. The monoisotopic (exact) mass is 268 g/mol. The van der Waals surface area contributed by atoms with Crippen molar-refractivity contribution in [1.82, 2.24) is 10.6 Å². The van der Waals surface area contributed by atoms with E-state index in [-0.39, 0.29) is 17.2 Å². The van der Waals surface area contributed by atoms with Gasteiger partial charge in [-0.2, -0.15) is 0 Å². The molecule has 0 spiro atoms. The number of carbonyl (C=O) groups is 1. The van der Waals surface area contributed by atoms with Gasteiger partial charge in [0, 0.05) is 25.6 Å². The minimum atomic E-state index is -0.623. The van der Waals surface area contributed by atoms with E-state index >= 15 is 0 Å². The number of nitrogens with one attached hydrogen (secondary N) is 2. The van der Waals surface area contributed by atoms with Crippen molar-refractivity contribution < 1.29 is 19.0 Å². The third-order valence-corrected chi connectivity index (χ3v) is 3.25. The Kier molecular flexibility index (Phi) is 4.34. The highest BCUT2D eigenvalue weighted by atomic mass is 19.1.